The number of halogens is 1. The number of aromatic nitrogens is 1. The number of hydrogen-bond acceptors (Lipinski definition) is 3. The van der Waals surface area contributed by atoms with Crippen LogP contribution in [0.5, 0.6) is 5.75 Å². The summed E-state index contributed by atoms with van der Waals surface area (Å²) >= 11 is 5.80. The SMILES string of the molecule is O=C(COc1ccc(Cl)cc1)NCc1ccc(Cn2ccccc2=O)cc1. The molecule has 6 heteroatoms. The highest BCUT2D eigenvalue weighted by Gasteiger charge is 2.04. The van der Waals surface area contributed by atoms with Crippen molar-refractivity contribution < 1.29 is 9.53 Å². The van der Waals surface area contributed by atoms with E-state index in [0.717, 1.165) is 11.1 Å². The Morgan fingerprint density at radius 1 is 0.963 bits per heavy atom. The number of carbonyl (C=O) groups is 1. The predicted molar refractivity (Wildman–Crippen MR) is 105 cm³/mol. The summed E-state index contributed by atoms with van der Waals surface area (Å²) < 4.78 is 7.05. The highest BCUT2D eigenvalue weighted by atomic mass is 35.5. The molecule has 0 fully saturated rings. The van der Waals surface area contributed by atoms with Crippen LogP contribution in [0.15, 0.2) is 77.7 Å². The lowest BCUT2D eigenvalue weighted by molar-refractivity contribution is -0.123. The Kier molecular flexibility index (Phi) is 6.28. The zero-order valence-electron chi connectivity index (χ0n) is 14.6. The van der Waals surface area contributed by atoms with Crippen LogP contribution in [0.2, 0.25) is 5.02 Å². The minimum absolute atomic E-state index is 0.0328. The quantitative estimate of drug-likeness (QED) is 0.682. The van der Waals surface area contributed by atoms with E-state index < -0.39 is 0 Å². The number of hydrogen-bond donors (Lipinski definition) is 1. The van der Waals surface area contributed by atoms with Gasteiger partial charge >= 0.3 is 0 Å². The molecule has 0 aliphatic rings. The van der Waals surface area contributed by atoms with Gasteiger partial charge in [0, 0.05) is 23.8 Å². The predicted octanol–water partition coefficient (Wildman–Crippen LogP) is 3.25. The average Bonchev–Trinajstić information content (AvgIpc) is 2.69. The molecular weight excluding hydrogens is 364 g/mol. The Bertz CT molecular complexity index is 950. The second-order valence-electron chi connectivity index (χ2n) is 6.00. The van der Waals surface area contributed by atoms with Gasteiger partial charge in [0.25, 0.3) is 11.5 Å². The largest absolute Gasteiger partial charge is 0.484 e. The number of rotatable bonds is 7. The van der Waals surface area contributed by atoms with Crippen molar-refractivity contribution in [3.8, 4) is 5.75 Å². The number of nitrogens with zero attached hydrogens (tertiary/aromatic N) is 1. The molecule has 3 rings (SSSR count). The van der Waals surface area contributed by atoms with E-state index in [1.165, 1.54) is 6.07 Å². The van der Waals surface area contributed by atoms with E-state index in [-0.39, 0.29) is 18.1 Å². The summed E-state index contributed by atoms with van der Waals surface area (Å²) in [5, 5.41) is 3.43. The third-order valence-corrected chi connectivity index (χ3v) is 4.20. The molecular formula is C21H19ClN2O3. The van der Waals surface area contributed by atoms with E-state index in [2.05, 4.69) is 5.32 Å². The van der Waals surface area contributed by atoms with E-state index in [0.29, 0.717) is 23.9 Å². The normalized spacial score (nSPS) is 10.4. The van der Waals surface area contributed by atoms with Gasteiger partial charge in [-0.2, -0.15) is 0 Å². The van der Waals surface area contributed by atoms with Gasteiger partial charge in [-0.1, -0.05) is 41.9 Å². The van der Waals surface area contributed by atoms with Gasteiger partial charge in [0.1, 0.15) is 5.75 Å². The molecule has 1 amide bonds. The van der Waals surface area contributed by atoms with Crippen molar-refractivity contribution in [2.75, 3.05) is 6.61 Å². The number of pyridine rings is 1. The van der Waals surface area contributed by atoms with Crippen LogP contribution in [0, 0.1) is 0 Å². The topological polar surface area (TPSA) is 60.3 Å². The molecule has 0 unspecified atom stereocenters. The summed E-state index contributed by atoms with van der Waals surface area (Å²) in [5.74, 6) is 0.389. The van der Waals surface area contributed by atoms with Crippen LogP contribution >= 0.6 is 11.6 Å². The van der Waals surface area contributed by atoms with Gasteiger partial charge in [-0.15, -0.1) is 0 Å². The summed E-state index contributed by atoms with van der Waals surface area (Å²) in [6, 6.07) is 19.7. The molecule has 0 aliphatic heterocycles. The molecule has 0 saturated carbocycles. The smallest absolute Gasteiger partial charge is 0.258 e. The fourth-order valence-electron chi connectivity index (χ4n) is 2.48. The monoisotopic (exact) mass is 382 g/mol. The number of amides is 1. The van der Waals surface area contributed by atoms with E-state index in [4.69, 9.17) is 16.3 Å². The molecule has 1 aromatic heterocycles. The maximum Gasteiger partial charge on any atom is 0.258 e. The maximum atomic E-state index is 11.9. The van der Waals surface area contributed by atoms with Crippen LogP contribution in [0.1, 0.15) is 11.1 Å². The van der Waals surface area contributed by atoms with Crippen LogP contribution in [0.4, 0.5) is 0 Å². The molecule has 0 spiro atoms. The summed E-state index contributed by atoms with van der Waals surface area (Å²) in [6.07, 6.45) is 1.76. The van der Waals surface area contributed by atoms with Crippen molar-refractivity contribution >= 4 is 17.5 Å². The highest BCUT2D eigenvalue weighted by Crippen LogP contribution is 2.15. The highest BCUT2D eigenvalue weighted by molar-refractivity contribution is 6.30. The molecule has 0 atom stereocenters. The molecule has 3 aromatic rings. The first-order valence-corrected chi connectivity index (χ1v) is 8.86. The molecule has 1 N–H and O–H groups in total. The summed E-state index contributed by atoms with van der Waals surface area (Å²) in [6.45, 7) is 0.867. The van der Waals surface area contributed by atoms with Crippen LogP contribution < -0.4 is 15.6 Å². The van der Waals surface area contributed by atoms with Gasteiger partial charge in [-0.3, -0.25) is 9.59 Å². The standard InChI is InChI=1S/C21H19ClN2O3/c22-18-8-10-19(11-9-18)27-15-20(25)23-13-16-4-6-17(7-5-16)14-24-12-2-1-3-21(24)26/h1-12H,13-15H2,(H,23,25). The number of ether oxygens (including phenoxy) is 1. The molecule has 0 bridgehead atoms. The number of benzene rings is 2. The van der Waals surface area contributed by atoms with Gasteiger partial charge in [-0.05, 0) is 41.5 Å². The summed E-state index contributed by atoms with van der Waals surface area (Å²) in [4.78, 5) is 23.6. The molecule has 0 radical (unpaired) electrons. The first-order chi connectivity index (χ1) is 13.1. The van der Waals surface area contributed by atoms with Crippen molar-refractivity contribution in [2.24, 2.45) is 0 Å². The van der Waals surface area contributed by atoms with E-state index in [1.807, 2.05) is 30.3 Å². The minimum atomic E-state index is -0.204. The third kappa shape index (κ3) is 5.72. The minimum Gasteiger partial charge on any atom is -0.484 e. The van der Waals surface area contributed by atoms with Gasteiger partial charge in [0.05, 0.1) is 6.54 Å². The van der Waals surface area contributed by atoms with E-state index >= 15 is 0 Å². The van der Waals surface area contributed by atoms with E-state index in [1.54, 1.807) is 41.1 Å². The Labute approximate surface area is 162 Å². The van der Waals surface area contributed by atoms with Gasteiger partial charge in [-0.25, -0.2) is 0 Å². The molecule has 5 nitrogen and oxygen atoms in total. The van der Waals surface area contributed by atoms with Crippen LogP contribution in [0.3, 0.4) is 0 Å². The Morgan fingerprint density at radius 2 is 1.67 bits per heavy atom. The lowest BCUT2D eigenvalue weighted by atomic mass is 10.1. The maximum absolute atomic E-state index is 11.9. The number of nitrogens with one attached hydrogen (secondary N) is 1. The first kappa shape index (κ1) is 18.7. The Balaban J connectivity index is 1.46. The van der Waals surface area contributed by atoms with Crippen molar-refractivity contribution in [1.82, 2.24) is 9.88 Å². The van der Waals surface area contributed by atoms with Crippen LogP contribution in [-0.4, -0.2) is 17.1 Å². The molecule has 0 saturated heterocycles. The Hall–Kier alpha value is -3.05. The fourth-order valence-corrected chi connectivity index (χ4v) is 2.61. The van der Waals surface area contributed by atoms with Gasteiger partial charge in [0.15, 0.2) is 6.61 Å². The third-order valence-electron chi connectivity index (χ3n) is 3.95. The average molecular weight is 383 g/mol. The first-order valence-electron chi connectivity index (χ1n) is 8.48. The van der Waals surface area contributed by atoms with E-state index in [9.17, 15) is 9.59 Å². The molecule has 1 heterocycles. The zero-order chi connectivity index (χ0) is 19.1. The Morgan fingerprint density at radius 3 is 2.37 bits per heavy atom. The summed E-state index contributed by atoms with van der Waals surface area (Å²) in [5.41, 5.74) is 1.96. The van der Waals surface area contributed by atoms with Crippen molar-refractivity contribution in [2.45, 2.75) is 13.1 Å². The molecule has 2 aromatic carbocycles. The molecule has 27 heavy (non-hydrogen) atoms. The zero-order valence-corrected chi connectivity index (χ0v) is 15.4. The number of carbonyl (C=O) groups excluding carboxylic acids is 1. The second kappa shape index (κ2) is 9.05. The summed E-state index contributed by atoms with van der Waals surface area (Å²) in [7, 11) is 0. The lowest BCUT2D eigenvalue weighted by Crippen LogP contribution is -2.28. The van der Waals surface area contributed by atoms with Gasteiger partial charge < -0.3 is 14.6 Å². The van der Waals surface area contributed by atoms with Crippen molar-refractivity contribution in [3.63, 3.8) is 0 Å². The fraction of sp³-hybridized carbons (Fsp3) is 0.143. The van der Waals surface area contributed by atoms with Crippen molar-refractivity contribution in [1.29, 1.82) is 0 Å². The van der Waals surface area contributed by atoms with Crippen LogP contribution in [-0.2, 0) is 17.9 Å². The lowest BCUT2D eigenvalue weighted by Gasteiger charge is -2.09. The van der Waals surface area contributed by atoms with Crippen molar-refractivity contribution in [3.05, 3.63) is 99.4 Å². The van der Waals surface area contributed by atoms with Crippen LogP contribution in [0.25, 0.3) is 0 Å². The second-order valence-corrected chi connectivity index (χ2v) is 6.44. The van der Waals surface area contributed by atoms with Gasteiger partial charge in [0.2, 0.25) is 0 Å². The molecule has 0 aliphatic carbocycles. The molecule has 138 valence electrons.